The third kappa shape index (κ3) is 4.83. The summed E-state index contributed by atoms with van der Waals surface area (Å²) in [6, 6.07) is 17.4. The minimum Gasteiger partial charge on any atom is -0.492 e. The van der Waals surface area contributed by atoms with E-state index in [-0.39, 0.29) is 11.9 Å². The highest BCUT2D eigenvalue weighted by atomic mass is 16.5. The van der Waals surface area contributed by atoms with Crippen molar-refractivity contribution in [2.24, 2.45) is 0 Å². The van der Waals surface area contributed by atoms with Gasteiger partial charge >= 0.3 is 0 Å². The molecule has 2 aromatic rings. The van der Waals surface area contributed by atoms with Gasteiger partial charge in [-0.1, -0.05) is 42.5 Å². The predicted molar refractivity (Wildman–Crippen MR) is 92.5 cm³/mol. The number of nitrogens with one attached hydrogen (secondary N) is 1. The molecule has 0 aromatic heterocycles. The summed E-state index contributed by atoms with van der Waals surface area (Å²) in [6.45, 7) is 6.65. The summed E-state index contributed by atoms with van der Waals surface area (Å²) >= 11 is 0. The van der Waals surface area contributed by atoms with Gasteiger partial charge in [0.25, 0.3) is 5.91 Å². The first-order valence-corrected chi connectivity index (χ1v) is 8.04. The molecule has 1 amide bonds. The van der Waals surface area contributed by atoms with Gasteiger partial charge in [0, 0.05) is 5.56 Å². The highest BCUT2D eigenvalue weighted by molar-refractivity contribution is 5.95. The van der Waals surface area contributed by atoms with Gasteiger partial charge in [0.15, 0.2) is 6.04 Å². The molecule has 0 saturated heterocycles. The van der Waals surface area contributed by atoms with E-state index in [1.165, 1.54) is 0 Å². The summed E-state index contributed by atoms with van der Waals surface area (Å²) in [5.74, 6) is 0.650. The maximum atomic E-state index is 12.8. The zero-order chi connectivity index (χ0) is 16.7. The van der Waals surface area contributed by atoms with Gasteiger partial charge in [-0.2, -0.15) is 0 Å². The Hall–Kier alpha value is -2.33. The largest absolute Gasteiger partial charge is 0.492 e. The summed E-state index contributed by atoms with van der Waals surface area (Å²) in [7, 11) is 0. The number of benzene rings is 2. The molecule has 2 rings (SSSR count). The topological polar surface area (TPSA) is 54.9 Å². The molecule has 0 aliphatic heterocycles. The van der Waals surface area contributed by atoms with Crippen molar-refractivity contribution in [3.63, 3.8) is 0 Å². The van der Waals surface area contributed by atoms with Crippen LogP contribution in [-0.4, -0.2) is 18.6 Å². The van der Waals surface area contributed by atoms with Crippen LogP contribution in [0.4, 0.5) is 5.69 Å². The van der Waals surface area contributed by atoms with Crippen LogP contribution in [0.1, 0.15) is 32.4 Å². The standard InChI is InChI=1S/C19H24N2O2/c1-4-23-17-13-9-8-12-16(17)21-19(22)18(20-14(2)3)15-10-6-5-7-11-15/h5-14,18,20H,4H2,1-3H3,(H,21,22)/p+1/t18-/m1/s1. The van der Waals surface area contributed by atoms with Crippen molar-refractivity contribution in [2.75, 3.05) is 11.9 Å². The predicted octanol–water partition coefficient (Wildman–Crippen LogP) is 2.74. The molecule has 0 aliphatic carbocycles. The molecule has 0 aliphatic rings. The second kappa shape index (κ2) is 8.34. The van der Waals surface area contributed by atoms with Gasteiger partial charge in [0.05, 0.1) is 18.3 Å². The zero-order valence-corrected chi connectivity index (χ0v) is 14.0. The Labute approximate surface area is 137 Å². The van der Waals surface area contributed by atoms with Gasteiger partial charge < -0.3 is 15.4 Å². The Kier molecular flexibility index (Phi) is 6.18. The Balaban J connectivity index is 2.21. The fraction of sp³-hybridized carbons (Fsp3) is 0.316. The Bertz CT molecular complexity index is 626. The van der Waals surface area contributed by atoms with Crippen molar-refractivity contribution in [3.8, 4) is 5.75 Å². The zero-order valence-electron chi connectivity index (χ0n) is 14.0. The first-order valence-electron chi connectivity index (χ1n) is 8.04. The van der Waals surface area contributed by atoms with Gasteiger partial charge in [0.2, 0.25) is 0 Å². The maximum absolute atomic E-state index is 12.8. The molecule has 2 aromatic carbocycles. The maximum Gasteiger partial charge on any atom is 0.287 e. The number of para-hydroxylation sites is 2. The molecule has 0 saturated carbocycles. The summed E-state index contributed by atoms with van der Waals surface area (Å²) in [5, 5.41) is 5.07. The van der Waals surface area contributed by atoms with Crippen LogP contribution in [-0.2, 0) is 4.79 Å². The molecule has 0 radical (unpaired) electrons. The van der Waals surface area contributed by atoms with E-state index in [4.69, 9.17) is 4.74 Å². The molecule has 0 bridgehead atoms. The molecule has 1 atom stereocenters. The quantitative estimate of drug-likeness (QED) is 0.826. The smallest absolute Gasteiger partial charge is 0.287 e. The summed E-state index contributed by atoms with van der Waals surface area (Å²) in [4.78, 5) is 12.8. The van der Waals surface area contributed by atoms with Gasteiger partial charge in [-0.05, 0) is 32.9 Å². The van der Waals surface area contributed by atoms with E-state index in [1.54, 1.807) is 0 Å². The normalized spacial score (nSPS) is 12.0. The summed E-state index contributed by atoms with van der Waals surface area (Å²) in [5.41, 5.74) is 1.70. The number of hydrogen-bond acceptors (Lipinski definition) is 2. The van der Waals surface area contributed by atoms with Gasteiger partial charge in [-0.3, -0.25) is 4.79 Å². The number of rotatable bonds is 7. The first kappa shape index (κ1) is 17.0. The van der Waals surface area contributed by atoms with Crippen LogP contribution < -0.4 is 15.4 Å². The lowest BCUT2D eigenvalue weighted by Gasteiger charge is -2.19. The summed E-state index contributed by atoms with van der Waals surface area (Å²) < 4.78 is 5.58. The van der Waals surface area contributed by atoms with E-state index < -0.39 is 0 Å². The van der Waals surface area contributed by atoms with E-state index >= 15 is 0 Å². The Morgan fingerprint density at radius 1 is 1.09 bits per heavy atom. The fourth-order valence-corrected chi connectivity index (χ4v) is 2.46. The second-order valence-corrected chi connectivity index (χ2v) is 5.74. The minimum atomic E-state index is -0.286. The molecule has 0 unspecified atom stereocenters. The number of nitrogens with two attached hydrogens (primary N) is 1. The Morgan fingerprint density at radius 2 is 1.74 bits per heavy atom. The second-order valence-electron chi connectivity index (χ2n) is 5.74. The lowest BCUT2D eigenvalue weighted by Crippen LogP contribution is -2.91. The van der Waals surface area contributed by atoms with Crippen LogP contribution in [0.3, 0.4) is 0 Å². The Morgan fingerprint density at radius 3 is 2.39 bits per heavy atom. The molecule has 4 nitrogen and oxygen atoms in total. The molecular weight excluding hydrogens is 288 g/mol. The average Bonchev–Trinajstić information content (AvgIpc) is 2.55. The number of amides is 1. The molecule has 0 fully saturated rings. The van der Waals surface area contributed by atoms with Crippen LogP contribution in [0.2, 0.25) is 0 Å². The van der Waals surface area contributed by atoms with Crippen LogP contribution in [0, 0.1) is 0 Å². The van der Waals surface area contributed by atoms with Crippen LogP contribution in [0.25, 0.3) is 0 Å². The van der Waals surface area contributed by atoms with Gasteiger partial charge in [-0.15, -0.1) is 0 Å². The number of quaternary nitrogens is 1. The monoisotopic (exact) mass is 313 g/mol. The van der Waals surface area contributed by atoms with Crippen molar-refractivity contribution in [1.29, 1.82) is 0 Å². The molecular formula is C19H25N2O2+. The molecule has 0 heterocycles. The molecule has 122 valence electrons. The molecule has 23 heavy (non-hydrogen) atoms. The number of ether oxygens (including phenoxy) is 1. The first-order chi connectivity index (χ1) is 11.1. The van der Waals surface area contributed by atoms with Crippen molar-refractivity contribution in [2.45, 2.75) is 32.9 Å². The third-order valence-electron chi connectivity index (χ3n) is 3.46. The molecule has 0 spiro atoms. The fourth-order valence-electron chi connectivity index (χ4n) is 2.46. The lowest BCUT2D eigenvalue weighted by molar-refractivity contribution is -0.709. The number of hydrogen-bond donors (Lipinski definition) is 2. The third-order valence-corrected chi connectivity index (χ3v) is 3.46. The number of anilines is 1. The SMILES string of the molecule is CCOc1ccccc1NC(=O)[C@H]([NH2+]C(C)C)c1ccccc1. The van der Waals surface area contributed by atoms with Crippen molar-refractivity contribution >= 4 is 11.6 Å². The van der Waals surface area contributed by atoms with E-state index in [0.29, 0.717) is 24.1 Å². The van der Waals surface area contributed by atoms with Crippen molar-refractivity contribution in [3.05, 3.63) is 60.2 Å². The molecule has 4 heteroatoms. The van der Waals surface area contributed by atoms with E-state index in [2.05, 4.69) is 24.5 Å². The van der Waals surface area contributed by atoms with Gasteiger partial charge in [0.1, 0.15) is 5.75 Å². The summed E-state index contributed by atoms with van der Waals surface area (Å²) in [6.07, 6.45) is 0. The van der Waals surface area contributed by atoms with Gasteiger partial charge in [-0.25, -0.2) is 0 Å². The highest BCUT2D eigenvalue weighted by Gasteiger charge is 2.25. The average molecular weight is 313 g/mol. The lowest BCUT2D eigenvalue weighted by atomic mass is 10.1. The van der Waals surface area contributed by atoms with E-state index in [9.17, 15) is 4.79 Å². The minimum absolute atomic E-state index is 0.0444. The van der Waals surface area contributed by atoms with Crippen LogP contribution in [0.15, 0.2) is 54.6 Å². The van der Waals surface area contributed by atoms with E-state index in [1.807, 2.05) is 61.5 Å². The van der Waals surface area contributed by atoms with Crippen LogP contribution >= 0.6 is 0 Å². The van der Waals surface area contributed by atoms with E-state index in [0.717, 1.165) is 5.56 Å². The van der Waals surface area contributed by atoms with Crippen molar-refractivity contribution in [1.82, 2.24) is 0 Å². The number of carbonyl (C=O) groups is 1. The molecule has 3 N–H and O–H groups in total. The van der Waals surface area contributed by atoms with Crippen molar-refractivity contribution < 1.29 is 14.8 Å². The number of carbonyl (C=O) groups excluding carboxylic acids is 1. The highest BCUT2D eigenvalue weighted by Crippen LogP contribution is 2.24. The van der Waals surface area contributed by atoms with Crippen LogP contribution in [0.5, 0.6) is 5.75 Å².